The topological polar surface area (TPSA) is 42.0 Å². The van der Waals surface area contributed by atoms with Crippen molar-refractivity contribution >= 4 is 17.2 Å². The van der Waals surface area contributed by atoms with Gasteiger partial charge in [-0.2, -0.15) is 0 Å². The van der Waals surface area contributed by atoms with E-state index < -0.39 is 0 Å². The van der Waals surface area contributed by atoms with Crippen LogP contribution in [0.25, 0.3) is 10.6 Å². The second-order valence-corrected chi connectivity index (χ2v) is 5.93. The lowest BCUT2D eigenvalue weighted by atomic mass is 10.1. The zero-order chi connectivity index (χ0) is 14.5. The lowest BCUT2D eigenvalue weighted by molar-refractivity contribution is -0.121. The first-order chi connectivity index (χ1) is 9.58. The van der Waals surface area contributed by atoms with Gasteiger partial charge >= 0.3 is 0 Å². The molecule has 0 fully saturated rings. The van der Waals surface area contributed by atoms with E-state index in [0.29, 0.717) is 6.42 Å². The van der Waals surface area contributed by atoms with Crippen LogP contribution in [0.15, 0.2) is 29.6 Å². The van der Waals surface area contributed by atoms with Gasteiger partial charge in [0.1, 0.15) is 5.01 Å². The molecule has 2 aromatic rings. The molecule has 20 heavy (non-hydrogen) atoms. The molecular formula is C16H20N2OS. The van der Waals surface area contributed by atoms with Gasteiger partial charge in [0, 0.05) is 17.0 Å². The molecule has 1 aromatic heterocycles. The molecule has 1 aromatic carbocycles. The van der Waals surface area contributed by atoms with Gasteiger partial charge in [0.25, 0.3) is 0 Å². The van der Waals surface area contributed by atoms with Gasteiger partial charge in [-0.3, -0.25) is 4.79 Å². The zero-order valence-corrected chi connectivity index (χ0v) is 13.0. The maximum absolute atomic E-state index is 11.8. The Balaban J connectivity index is 2.04. The number of thiazole rings is 1. The summed E-state index contributed by atoms with van der Waals surface area (Å²) in [6.07, 6.45) is 1.30. The average Bonchev–Trinajstić information content (AvgIpc) is 2.87. The van der Waals surface area contributed by atoms with Crippen molar-refractivity contribution in [1.29, 1.82) is 0 Å². The van der Waals surface area contributed by atoms with Crippen LogP contribution in [0.1, 0.15) is 31.5 Å². The molecule has 0 aliphatic carbocycles. The summed E-state index contributed by atoms with van der Waals surface area (Å²) in [5.41, 5.74) is 3.17. The molecular weight excluding hydrogens is 268 g/mol. The van der Waals surface area contributed by atoms with Gasteiger partial charge in [-0.05, 0) is 26.3 Å². The quantitative estimate of drug-likeness (QED) is 0.913. The second-order valence-electron chi connectivity index (χ2n) is 5.07. The van der Waals surface area contributed by atoms with E-state index in [4.69, 9.17) is 0 Å². The van der Waals surface area contributed by atoms with Crippen LogP contribution in [-0.2, 0) is 11.2 Å². The number of rotatable bonds is 5. The largest absolute Gasteiger partial charge is 0.353 e. The number of benzene rings is 1. The summed E-state index contributed by atoms with van der Waals surface area (Å²) in [4.78, 5) is 16.4. The zero-order valence-electron chi connectivity index (χ0n) is 12.1. The smallest absolute Gasteiger partial charge is 0.226 e. The number of carbonyl (C=O) groups excluding carboxylic acids is 1. The maximum atomic E-state index is 11.8. The van der Waals surface area contributed by atoms with Crippen molar-refractivity contribution in [3.63, 3.8) is 0 Å². The molecule has 106 valence electrons. The molecule has 1 amide bonds. The molecule has 0 saturated carbocycles. The third-order valence-corrected chi connectivity index (χ3v) is 4.12. The van der Waals surface area contributed by atoms with Crippen LogP contribution in [0.2, 0.25) is 0 Å². The number of amides is 1. The van der Waals surface area contributed by atoms with E-state index in [1.807, 2.05) is 18.4 Å². The van der Waals surface area contributed by atoms with Gasteiger partial charge in [-0.25, -0.2) is 4.98 Å². The molecule has 1 unspecified atom stereocenters. The molecule has 1 atom stereocenters. The van der Waals surface area contributed by atoms with Gasteiger partial charge in [-0.1, -0.05) is 30.7 Å². The summed E-state index contributed by atoms with van der Waals surface area (Å²) in [6.45, 7) is 6.14. The summed E-state index contributed by atoms with van der Waals surface area (Å²) in [7, 11) is 0. The minimum atomic E-state index is 0.0421. The van der Waals surface area contributed by atoms with Gasteiger partial charge < -0.3 is 5.32 Å². The fourth-order valence-electron chi connectivity index (χ4n) is 1.89. The number of hydrogen-bond acceptors (Lipinski definition) is 3. The van der Waals surface area contributed by atoms with Crippen molar-refractivity contribution in [3.8, 4) is 10.6 Å². The van der Waals surface area contributed by atoms with Crippen LogP contribution < -0.4 is 5.32 Å². The first-order valence-corrected chi connectivity index (χ1v) is 7.77. The fourth-order valence-corrected chi connectivity index (χ4v) is 2.71. The van der Waals surface area contributed by atoms with E-state index in [1.165, 1.54) is 5.56 Å². The van der Waals surface area contributed by atoms with Crippen molar-refractivity contribution in [2.75, 3.05) is 0 Å². The molecule has 0 spiro atoms. The number of hydrogen-bond donors (Lipinski definition) is 1. The summed E-state index contributed by atoms with van der Waals surface area (Å²) in [6, 6.07) is 8.48. The van der Waals surface area contributed by atoms with Crippen LogP contribution in [0, 0.1) is 6.92 Å². The number of nitrogens with zero attached hydrogens (tertiary/aromatic N) is 1. The van der Waals surface area contributed by atoms with E-state index in [1.54, 1.807) is 11.3 Å². The lowest BCUT2D eigenvalue weighted by Crippen LogP contribution is -2.33. The van der Waals surface area contributed by atoms with Crippen molar-refractivity contribution < 1.29 is 4.79 Å². The van der Waals surface area contributed by atoms with Gasteiger partial charge in [0.15, 0.2) is 0 Å². The van der Waals surface area contributed by atoms with E-state index in [9.17, 15) is 4.79 Å². The lowest BCUT2D eigenvalue weighted by Gasteiger charge is -2.10. The third kappa shape index (κ3) is 3.90. The maximum Gasteiger partial charge on any atom is 0.226 e. The third-order valence-electron chi connectivity index (χ3n) is 3.18. The number of carbonyl (C=O) groups is 1. The number of aromatic nitrogens is 1. The van der Waals surface area contributed by atoms with E-state index in [0.717, 1.165) is 22.7 Å². The minimum absolute atomic E-state index is 0.0421. The molecule has 4 heteroatoms. The molecule has 3 nitrogen and oxygen atoms in total. The van der Waals surface area contributed by atoms with Gasteiger partial charge in [-0.15, -0.1) is 11.3 Å². The molecule has 0 saturated heterocycles. The Morgan fingerprint density at radius 2 is 2.25 bits per heavy atom. The first kappa shape index (κ1) is 14.7. The highest BCUT2D eigenvalue weighted by Crippen LogP contribution is 2.24. The van der Waals surface area contributed by atoms with Crippen molar-refractivity contribution in [1.82, 2.24) is 10.3 Å². The highest BCUT2D eigenvalue weighted by molar-refractivity contribution is 7.13. The van der Waals surface area contributed by atoms with E-state index >= 15 is 0 Å². The Morgan fingerprint density at radius 1 is 1.45 bits per heavy atom. The molecule has 0 aliphatic heterocycles. The Labute approximate surface area is 124 Å². The SMILES string of the molecule is CCC(C)NC(=O)Cc1csc(-c2cccc(C)c2)n1. The predicted octanol–water partition coefficient (Wildman–Crippen LogP) is 3.58. The molecule has 0 bridgehead atoms. The van der Waals surface area contributed by atoms with E-state index in [-0.39, 0.29) is 11.9 Å². The monoisotopic (exact) mass is 288 g/mol. The van der Waals surface area contributed by atoms with Gasteiger partial charge in [0.2, 0.25) is 5.91 Å². The summed E-state index contributed by atoms with van der Waals surface area (Å²) >= 11 is 1.59. The number of aryl methyl sites for hydroxylation is 1. The molecule has 1 N–H and O–H groups in total. The Hall–Kier alpha value is -1.68. The summed E-state index contributed by atoms with van der Waals surface area (Å²) in [5.74, 6) is 0.0421. The van der Waals surface area contributed by atoms with E-state index in [2.05, 4.69) is 42.3 Å². The highest BCUT2D eigenvalue weighted by atomic mass is 32.1. The first-order valence-electron chi connectivity index (χ1n) is 6.89. The minimum Gasteiger partial charge on any atom is -0.353 e. The van der Waals surface area contributed by atoms with Crippen LogP contribution in [-0.4, -0.2) is 16.9 Å². The predicted molar refractivity (Wildman–Crippen MR) is 83.9 cm³/mol. The summed E-state index contributed by atoms with van der Waals surface area (Å²) < 4.78 is 0. The Bertz CT molecular complexity index is 592. The molecule has 0 radical (unpaired) electrons. The average molecular weight is 288 g/mol. The summed E-state index contributed by atoms with van der Waals surface area (Å²) in [5, 5.41) is 5.90. The van der Waals surface area contributed by atoms with Crippen LogP contribution in [0.3, 0.4) is 0 Å². The van der Waals surface area contributed by atoms with Crippen LogP contribution in [0.5, 0.6) is 0 Å². The molecule has 0 aliphatic rings. The molecule has 2 rings (SSSR count). The van der Waals surface area contributed by atoms with Gasteiger partial charge in [0.05, 0.1) is 12.1 Å². The Kier molecular flexibility index (Phi) is 4.90. The molecule has 1 heterocycles. The van der Waals surface area contributed by atoms with Crippen molar-refractivity contribution in [3.05, 3.63) is 40.9 Å². The Morgan fingerprint density at radius 3 is 2.95 bits per heavy atom. The van der Waals surface area contributed by atoms with Crippen LogP contribution in [0.4, 0.5) is 0 Å². The number of nitrogens with one attached hydrogen (secondary N) is 1. The van der Waals surface area contributed by atoms with Crippen molar-refractivity contribution in [2.45, 2.75) is 39.7 Å². The second kappa shape index (κ2) is 6.66. The highest BCUT2D eigenvalue weighted by Gasteiger charge is 2.10. The van der Waals surface area contributed by atoms with Crippen molar-refractivity contribution in [2.24, 2.45) is 0 Å². The fraction of sp³-hybridized carbons (Fsp3) is 0.375. The van der Waals surface area contributed by atoms with Crippen LogP contribution >= 0.6 is 11.3 Å². The standard InChI is InChI=1S/C16H20N2OS/c1-4-12(3)17-15(19)9-14-10-20-16(18-14)13-7-5-6-11(2)8-13/h5-8,10,12H,4,9H2,1-3H3,(H,17,19). The normalized spacial score (nSPS) is 12.2.